The molecule has 0 radical (unpaired) electrons. The predicted octanol–water partition coefficient (Wildman–Crippen LogP) is 3.43. The minimum absolute atomic E-state index is 0.0463. The topological polar surface area (TPSA) is 29.1 Å². The molecule has 2 unspecified atom stereocenters. The Bertz CT molecular complexity index is 405. The molecule has 1 aromatic rings. The molecule has 3 heteroatoms. The number of hydrogen-bond acceptors (Lipinski definition) is 1. The molecule has 1 fully saturated rings. The van der Waals surface area contributed by atoms with E-state index < -0.39 is 0 Å². The molecule has 2 atom stereocenters. The molecule has 0 aromatic heterocycles. The van der Waals surface area contributed by atoms with Gasteiger partial charge in [-0.3, -0.25) is 4.79 Å². The lowest BCUT2D eigenvalue weighted by Gasteiger charge is -2.28. The van der Waals surface area contributed by atoms with Gasteiger partial charge in [0.2, 0.25) is 0 Å². The lowest BCUT2D eigenvalue weighted by molar-refractivity contribution is 0.0929. The summed E-state index contributed by atoms with van der Waals surface area (Å²) in [5.41, 5.74) is 1.88. The van der Waals surface area contributed by atoms with Crippen LogP contribution in [0, 0.1) is 6.92 Å². The first-order valence-electron chi connectivity index (χ1n) is 6.18. The Balaban J connectivity index is 2.01. The van der Waals surface area contributed by atoms with E-state index in [1.165, 1.54) is 12.8 Å². The summed E-state index contributed by atoms with van der Waals surface area (Å²) in [4.78, 5) is 12.5. The van der Waals surface area contributed by atoms with Gasteiger partial charge >= 0.3 is 0 Å². The van der Waals surface area contributed by atoms with Crippen LogP contribution in [0.4, 0.5) is 0 Å². The van der Waals surface area contributed by atoms with Gasteiger partial charge in [0.05, 0.1) is 0 Å². The zero-order chi connectivity index (χ0) is 12.3. The van der Waals surface area contributed by atoms with E-state index in [1.807, 2.05) is 31.2 Å². The second-order valence-electron chi connectivity index (χ2n) is 4.75. The first kappa shape index (κ1) is 12.6. The second-order valence-corrected chi connectivity index (χ2v) is 5.93. The highest BCUT2D eigenvalue weighted by Crippen LogP contribution is 2.24. The van der Waals surface area contributed by atoms with Crippen molar-refractivity contribution in [1.29, 1.82) is 0 Å². The molecular formula is C14H18BrNO. The molecule has 0 spiro atoms. The summed E-state index contributed by atoms with van der Waals surface area (Å²) in [5, 5.41) is 3.13. The van der Waals surface area contributed by atoms with Gasteiger partial charge in [0.15, 0.2) is 0 Å². The summed E-state index contributed by atoms with van der Waals surface area (Å²) in [6, 6.07) is 8.01. The van der Waals surface area contributed by atoms with Gasteiger partial charge in [-0.15, -0.1) is 0 Å². The maximum Gasteiger partial charge on any atom is 0.251 e. The largest absolute Gasteiger partial charge is 0.348 e. The van der Waals surface area contributed by atoms with Gasteiger partial charge in [0.25, 0.3) is 5.91 Å². The molecule has 1 aliphatic rings. The van der Waals surface area contributed by atoms with Crippen molar-refractivity contribution in [2.45, 2.75) is 43.5 Å². The van der Waals surface area contributed by atoms with E-state index >= 15 is 0 Å². The van der Waals surface area contributed by atoms with Crippen molar-refractivity contribution in [2.24, 2.45) is 0 Å². The molecule has 0 saturated heterocycles. The fourth-order valence-electron chi connectivity index (χ4n) is 2.29. The lowest BCUT2D eigenvalue weighted by atomic mass is 9.95. The number of hydrogen-bond donors (Lipinski definition) is 1. The molecule has 1 aliphatic carbocycles. The molecule has 1 amide bonds. The zero-order valence-corrected chi connectivity index (χ0v) is 11.7. The van der Waals surface area contributed by atoms with E-state index in [0.29, 0.717) is 4.83 Å². The van der Waals surface area contributed by atoms with Crippen LogP contribution in [0.3, 0.4) is 0 Å². The Morgan fingerprint density at radius 3 is 2.82 bits per heavy atom. The normalized spacial score (nSPS) is 24.4. The molecule has 2 rings (SSSR count). The molecule has 0 heterocycles. The third kappa shape index (κ3) is 3.32. The van der Waals surface area contributed by atoms with Crippen LogP contribution < -0.4 is 5.32 Å². The van der Waals surface area contributed by atoms with Crippen molar-refractivity contribution in [3.05, 3.63) is 35.4 Å². The van der Waals surface area contributed by atoms with Crippen LogP contribution in [0.5, 0.6) is 0 Å². The molecule has 17 heavy (non-hydrogen) atoms. The van der Waals surface area contributed by atoms with E-state index in [4.69, 9.17) is 0 Å². The highest BCUT2D eigenvalue weighted by atomic mass is 79.9. The molecule has 1 N–H and O–H groups in total. The third-order valence-electron chi connectivity index (χ3n) is 3.28. The standard InChI is InChI=1S/C14H18BrNO/c1-10-5-4-6-11(9-10)14(17)16-13-8-3-2-7-12(13)15/h4-6,9,12-13H,2-3,7-8H2,1H3,(H,16,17). The number of halogens is 1. The number of nitrogens with one attached hydrogen (secondary N) is 1. The Morgan fingerprint density at radius 2 is 2.12 bits per heavy atom. The highest BCUT2D eigenvalue weighted by molar-refractivity contribution is 9.09. The Hall–Kier alpha value is -0.830. The first-order chi connectivity index (χ1) is 8.16. The third-order valence-corrected chi connectivity index (χ3v) is 4.37. The van der Waals surface area contributed by atoms with E-state index in [0.717, 1.165) is 24.0 Å². The fourth-order valence-corrected chi connectivity index (χ4v) is 3.01. The molecular weight excluding hydrogens is 278 g/mol. The predicted molar refractivity (Wildman–Crippen MR) is 73.6 cm³/mol. The van der Waals surface area contributed by atoms with Crippen molar-refractivity contribution in [1.82, 2.24) is 5.32 Å². The molecule has 1 aromatic carbocycles. The van der Waals surface area contributed by atoms with Crippen LogP contribution in [0.15, 0.2) is 24.3 Å². The number of amides is 1. The SMILES string of the molecule is Cc1cccc(C(=O)NC2CCCCC2Br)c1. The van der Waals surface area contributed by atoms with E-state index in [1.54, 1.807) is 0 Å². The van der Waals surface area contributed by atoms with Gasteiger partial charge in [0.1, 0.15) is 0 Å². The summed E-state index contributed by atoms with van der Waals surface area (Å²) in [6.45, 7) is 2.00. The highest BCUT2D eigenvalue weighted by Gasteiger charge is 2.24. The number of carbonyl (C=O) groups excluding carboxylic acids is 1. The fraction of sp³-hybridized carbons (Fsp3) is 0.500. The summed E-state index contributed by atoms with van der Waals surface area (Å²) < 4.78 is 0. The number of rotatable bonds is 2. The maximum absolute atomic E-state index is 12.1. The van der Waals surface area contributed by atoms with E-state index in [-0.39, 0.29) is 11.9 Å². The Kier molecular flexibility index (Phi) is 4.21. The average Bonchev–Trinajstić information content (AvgIpc) is 2.32. The zero-order valence-electron chi connectivity index (χ0n) is 10.1. The van der Waals surface area contributed by atoms with E-state index in [2.05, 4.69) is 21.2 Å². The quantitative estimate of drug-likeness (QED) is 0.832. The van der Waals surface area contributed by atoms with Gasteiger partial charge in [-0.1, -0.05) is 46.5 Å². The van der Waals surface area contributed by atoms with Crippen LogP contribution in [0.25, 0.3) is 0 Å². The Labute approximate surface area is 111 Å². The van der Waals surface area contributed by atoms with Gasteiger partial charge in [-0.2, -0.15) is 0 Å². The second kappa shape index (κ2) is 5.67. The molecule has 0 bridgehead atoms. The Morgan fingerprint density at radius 1 is 1.35 bits per heavy atom. The minimum Gasteiger partial charge on any atom is -0.348 e. The summed E-state index contributed by atoms with van der Waals surface area (Å²) >= 11 is 3.66. The van der Waals surface area contributed by atoms with Crippen LogP contribution >= 0.6 is 15.9 Å². The van der Waals surface area contributed by atoms with Crippen molar-refractivity contribution < 1.29 is 4.79 Å². The van der Waals surface area contributed by atoms with Crippen LogP contribution in [0.2, 0.25) is 0 Å². The molecule has 92 valence electrons. The first-order valence-corrected chi connectivity index (χ1v) is 7.10. The van der Waals surface area contributed by atoms with Crippen molar-refractivity contribution in [3.63, 3.8) is 0 Å². The maximum atomic E-state index is 12.1. The monoisotopic (exact) mass is 295 g/mol. The van der Waals surface area contributed by atoms with Gasteiger partial charge in [-0.05, 0) is 31.9 Å². The van der Waals surface area contributed by atoms with E-state index in [9.17, 15) is 4.79 Å². The van der Waals surface area contributed by atoms with Crippen LogP contribution in [0.1, 0.15) is 41.6 Å². The number of benzene rings is 1. The van der Waals surface area contributed by atoms with Crippen molar-refractivity contribution in [2.75, 3.05) is 0 Å². The van der Waals surface area contributed by atoms with Crippen molar-refractivity contribution >= 4 is 21.8 Å². The van der Waals surface area contributed by atoms with Crippen LogP contribution in [-0.2, 0) is 0 Å². The lowest BCUT2D eigenvalue weighted by Crippen LogP contribution is -2.42. The molecule has 2 nitrogen and oxygen atoms in total. The van der Waals surface area contributed by atoms with Gasteiger partial charge in [0, 0.05) is 16.4 Å². The number of aryl methyl sites for hydroxylation is 1. The molecule has 0 aliphatic heterocycles. The van der Waals surface area contributed by atoms with Gasteiger partial charge < -0.3 is 5.32 Å². The number of carbonyl (C=O) groups is 1. The van der Waals surface area contributed by atoms with Crippen molar-refractivity contribution in [3.8, 4) is 0 Å². The summed E-state index contributed by atoms with van der Waals surface area (Å²) in [5.74, 6) is 0.0463. The van der Waals surface area contributed by atoms with Gasteiger partial charge in [-0.25, -0.2) is 0 Å². The minimum atomic E-state index is 0.0463. The summed E-state index contributed by atoms with van der Waals surface area (Å²) in [6.07, 6.45) is 4.69. The number of alkyl halides is 1. The van der Waals surface area contributed by atoms with Crippen LogP contribution in [-0.4, -0.2) is 16.8 Å². The molecule has 1 saturated carbocycles. The average molecular weight is 296 g/mol. The summed E-state index contributed by atoms with van der Waals surface area (Å²) in [7, 11) is 0. The smallest absolute Gasteiger partial charge is 0.251 e.